The third-order valence-electron chi connectivity index (χ3n) is 3.29. The molecule has 1 heterocycles. The van der Waals surface area contributed by atoms with Gasteiger partial charge in [-0.2, -0.15) is 4.98 Å². The molecule has 2 N–H and O–H groups in total. The highest BCUT2D eigenvalue weighted by atomic mass is 16.5. The van der Waals surface area contributed by atoms with Crippen LogP contribution >= 0.6 is 0 Å². The number of carbonyl (C=O) groups excluding carboxylic acids is 1. The van der Waals surface area contributed by atoms with E-state index in [4.69, 9.17) is 9.63 Å². The van der Waals surface area contributed by atoms with Crippen molar-refractivity contribution >= 4 is 11.9 Å². The van der Waals surface area contributed by atoms with Crippen LogP contribution in [0.4, 0.5) is 0 Å². The van der Waals surface area contributed by atoms with Gasteiger partial charge in [0, 0.05) is 5.41 Å². The van der Waals surface area contributed by atoms with E-state index in [9.17, 15) is 9.59 Å². The zero-order valence-corrected chi connectivity index (χ0v) is 12.0. The first-order valence-corrected chi connectivity index (χ1v) is 6.57. The predicted molar refractivity (Wildman–Crippen MR) is 68.8 cm³/mol. The first-order chi connectivity index (χ1) is 9.20. The average Bonchev–Trinajstić information content (AvgIpc) is 2.96. The van der Waals surface area contributed by atoms with Crippen molar-refractivity contribution in [3.8, 4) is 0 Å². The summed E-state index contributed by atoms with van der Waals surface area (Å²) in [6.07, 6.45) is 0.394. The molecule has 1 saturated carbocycles. The highest BCUT2D eigenvalue weighted by Gasteiger charge is 2.48. The van der Waals surface area contributed by atoms with E-state index in [-0.39, 0.29) is 11.3 Å². The maximum atomic E-state index is 11.8. The Hall–Kier alpha value is -1.92. The number of carboxylic acid groups (broad SMARTS) is 1. The van der Waals surface area contributed by atoms with Gasteiger partial charge in [-0.1, -0.05) is 25.9 Å². The molecule has 0 bridgehead atoms. The second-order valence-corrected chi connectivity index (χ2v) is 6.22. The van der Waals surface area contributed by atoms with E-state index in [2.05, 4.69) is 15.5 Å². The van der Waals surface area contributed by atoms with Gasteiger partial charge in [0.15, 0.2) is 5.82 Å². The fourth-order valence-corrected chi connectivity index (χ4v) is 1.86. The minimum absolute atomic E-state index is 0.226. The molecule has 1 aliphatic rings. The molecule has 0 unspecified atom stereocenters. The van der Waals surface area contributed by atoms with Crippen LogP contribution in [0.2, 0.25) is 0 Å². The molecule has 110 valence electrons. The molecule has 0 radical (unpaired) electrons. The lowest BCUT2D eigenvalue weighted by Gasteiger charge is -2.11. The Balaban J connectivity index is 1.95. The molecular weight excluding hydrogens is 262 g/mol. The molecule has 7 heteroatoms. The van der Waals surface area contributed by atoms with Crippen molar-refractivity contribution in [2.75, 3.05) is 0 Å². The largest absolute Gasteiger partial charge is 0.481 e. The molecule has 7 nitrogen and oxygen atoms in total. The van der Waals surface area contributed by atoms with Crippen LogP contribution in [0.1, 0.15) is 51.9 Å². The molecule has 0 saturated heterocycles. The number of carboxylic acids is 1. The Labute approximate surface area is 116 Å². The number of hydrogen-bond donors (Lipinski definition) is 2. The maximum Gasteiger partial charge on any atom is 0.307 e. The summed E-state index contributed by atoms with van der Waals surface area (Å²) < 4.78 is 5.14. The summed E-state index contributed by atoms with van der Waals surface area (Å²) in [5.74, 6) is -1.31. The molecule has 2 rings (SSSR count). The molecule has 0 aliphatic heterocycles. The Morgan fingerprint density at radius 1 is 1.40 bits per heavy atom. The zero-order valence-electron chi connectivity index (χ0n) is 12.0. The Bertz CT molecular complexity index is 532. The number of nitrogens with one attached hydrogen (secondary N) is 1. The highest BCUT2D eigenvalue weighted by Crippen LogP contribution is 2.39. The fourth-order valence-electron chi connectivity index (χ4n) is 1.86. The molecule has 1 aromatic heterocycles. The lowest BCUT2D eigenvalue weighted by atomic mass is 9.96. The quantitative estimate of drug-likeness (QED) is 0.860. The lowest BCUT2D eigenvalue weighted by molar-refractivity contribution is -0.140. The van der Waals surface area contributed by atoms with Gasteiger partial charge in [0.2, 0.25) is 11.8 Å². The minimum Gasteiger partial charge on any atom is -0.481 e. The number of nitrogens with zero attached hydrogens (tertiary/aromatic N) is 2. The van der Waals surface area contributed by atoms with Crippen LogP contribution in [0.3, 0.4) is 0 Å². The normalized spacial score (nSPS) is 23.2. The second kappa shape index (κ2) is 4.88. The Morgan fingerprint density at radius 2 is 2.05 bits per heavy atom. The van der Waals surface area contributed by atoms with E-state index in [1.165, 1.54) is 0 Å². The molecule has 0 spiro atoms. The minimum atomic E-state index is -0.925. The fraction of sp³-hybridized carbons (Fsp3) is 0.692. The van der Waals surface area contributed by atoms with Gasteiger partial charge in [0.25, 0.3) is 0 Å². The van der Waals surface area contributed by atoms with Crippen LogP contribution in [-0.2, 0) is 15.0 Å². The van der Waals surface area contributed by atoms with Gasteiger partial charge in [-0.05, 0) is 13.3 Å². The van der Waals surface area contributed by atoms with Crippen LogP contribution in [0.25, 0.3) is 0 Å². The molecule has 1 aliphatic carbocycles. The monoisotopic (exact) mass is 281 g/mol. The summed E-state index contributed by atoms with van der Waals surface area (Å²) in [7, 11) is 0. The van der Waals surface area contributed by atoms with E-state index >= 15 is 0 Å². The topological polar surface area (TPSA) is 105 Å². The number of carbonyl (C=O) groups is 2. The molecule has 1 amide bonds. The highest BCUT2D eigenvalue weighted by molar-refractivity contribution is 5.89. The van der Waals surface area contributed by atoms with E-state index in [0.29, 0.717) is 18.1 Å². The Kier molecular flexibility index (Phi) is 3.54. The Morgan fingerprint density at radius 3 is 2.50 bits per heavy atom. The van der Waals surface area contributed by atoms with Crippen LogP contribution in [-0.4, -0.2) is 27.1 Å². The first kappa shape index (κ1) is 14.5. The smallest absolute Gasteiger partial charge is 0.307 e. The first-order valence-electron chi connectivity index (χ1n) is 6.57. The maximum absolute atomic E-state index is 11.8. The van der Waals surface area contributed by atoms with Crippen LogP contribution in [0.5, 0.6) is 0 Å². The third kappa shape index (κ3) is 2.97. The standard InChI is InChI=1S/C13H19N3O4/c1-6(10-15-12(16-20-10)13(2,3)4)14-9(17)7-5-8(7)11(18)19/h6-8H,5H2,1-4H3,(H,14,17)(H,18,19)/t6-,7+,8-/m0/s1. The summed E-state index contributed by atoms with van der Waals surface area (Å²) >= 11 is 0. The molecule has 0 aromatic carbocycles. The number of rotatable bonds is 4. The van der Waals surface area contributed by atoms with Crippen molar-refractivity contribution in [1.29, 1.82) is 0 Å². The summed E-state index contributed by atoms with van der Waals surface area (Å²) in [5, 5.41) is 15.4. The van der Waals surface area contributed by atoms with Gasteiger partial charge in [-0.3, -0.25) is 9.59 Å². The lowest BCUT2D eigenvalue weighted by Crippen LogP contribution is -2.29. The molecule has 1 aromatic rings. The number of aromatic nitrogens is 2. The summed E-state index contributed by atoms with van der Waals surface area (Å²) in [4.78, 5) is 26.8. The van der Waals surface area contributed by atoms with Gasteiger partial charge < -0.3 is 14.9 Å². The summed E-state index contributed by atoms with van der Waals surface area (Å²) in [5.41, 5.74) is -0.226. The van der Waals surface area contributed by atoms with Crippen LogP contribution in [0, 0.1) is 11.8 Å². The average molecular weight is 281 g/mol. The summed E-state index contributed by atoms with van der Waals surface area (Å²) in [6, 6.07) is -0.429. The molecule has 3 atom stereocenters. The van der Waals surface area contributed by atoms with E-state index < -0.39 is 23.8 Å². The molecular formula is C13H19N3O4. The molecule has 1 fully saturated rings. The van der Waals surface area contributed by atoms with Crippen molar-refractivity contribution in [1.82, 2.24) is 15.5 Å². The van der Waals surface area contributed by atoms with Crippen molar-refractivity contribution < 1.29 is 19.2 Å². The van der Waals surface area contributed by atoms with Crippen molar-refractivity contribution in [3.63, 3.8) is 0 Å². The second-order valence-electron chi connectivity index (χ2n) is 6.22. The zero-order chi connectivity index (χ0) is 15.1. The van der Waals surface area contributed by atoms with E-state index in [0.717, 1.165) is 0 Å². The third-order valence-corrected chi connectivity index (χ3v) is 3.29. The van der Waals surface area contributed by atoms with Crippen molar-refractivity contribution in [2.45, 2.75) is 45.6 Å². The van der Waals surface area contributed by atoms with E-state index in [1.807, 2.05) is 20.8 Å². The van der Waals surface area contributed by atoms with E-state index in [1.54, 1.807) is 6.92 Å². The van der Waals surface area contributed by atoms with Gasteiger partial charge >= 0.3 is 5.97 Å². The van der Waals surface area contributed by atoms with Crippen LogP contribution < -0.4 is 5.32 Å². The van der Waals surface area contributed by atoms with Gasteiger partial charge in [0.1, 0.15) is 6.04 Å². The summed E-state index contributed by atoms with van der Waals surface area (Å²) in [6.45, 7) is 7.63. The number of aliphatic carboxylic acids is 1. The predicted octanol–water partition coefficient (Wildman–Crippen LogP) is 1.27. The SMILES string of the molecule is C[C@H](NC(=O)[C@@H]1C[C@@H]1C(=O)O)c1nc(C(C)(C)C)no1. The van der Waals surface area contributed by atoms with Crippen molar-refractivity contribution in [3.05, 3.63) is 11.7 Å². The molecule has 20 heavy (non-hydrogen) atoms. The van der Waals surface area contributed by atoms with Crippen LogP contribution in [0.15, 0.2) is 4.52 Å². The number of hydrogen-bond acceptors (Lipinski definition) is 5. The van der Waals surface area contributed by atoms with Crippen molar-refractivity contribution in [2.24, 2.45) is 11.8 Å². The van der Waals surface area contributed by atoms with Gasteiger partial charge in [0.05, 0.1) is 11.8 Å². The van der Waals surface area contributed by atoms with Gasteiger partial charge in [-0.15, -0.1) is 0 Å². The number of amides is 1. The van der Waals surface area contributed by atoms with Gasteiger partial charge in [-0.25, -0.2) is 0 Å².